The van der Waals surface area contributed by atoms with Gasteiger partial charge < -0.3 is 14.4 Å². The summed E-state index contributed by atoms with van der Waals surface area (Å²) < 4.78 is 19.1. The molecule has 0 bridgehead atoms. The van der Waals surface area contributed by atoms with E-state index >= 15 is 0 Å². The zero-order valence-corrected chi connectivity index (χ0v) is 30.6. The van der Waals surface area contributed by atoms with Crippen LogP contribution in [0.4, 0.5) is 4.39 Å². The Morgan fingerprint density at radius 1 is 0.889 bits per heavy atom. The van der Waals surface area contributed by atoms with Crippen molar-refractivity contribution in [2.24, 2.45) is 5.41 Å². The number of hydrogen-bond donors (Lipinski definition) is 0. The first-order chi connectivity index (χ1) is 20.8. The number of halogens is 1. The Bertz CT molecular complexity index is 1910. The van der Waals surface area contributed by atoms with Gasteiger partial charge in [-0.3, -0.25) is 0 Å². The van der Waals surface area contributed by atoms with Crippen molar-refractivity contribution in [2.45, 2.75) is 66.6 Å². The maximum atomic E-state index is 13.3. The predicted octanol–water partition coefficient (Wildman–Crippen LogP) is 9.79. The Hall–Kier alpha value is -3.51. The summed E-state index contributed by atoms with van der Waals surface area (Å²) in [5.74, 6) is -0.149. The largest absolute Gasteiger partial charge is 0.486 e. The summed E-state index contributed by atoms with van der Waals surface area (Å²) >= 11 is 0. The number of aromatic nitrogens is 3. The molecule has 6 rings (SSSR count). The molecule has 4 heterocycles. The zero-order chi connectivity index (χ0) is 31.6. The van der Waals surface area contributed by atoms with Gasteiger partial charge in [-0.15, -0.1) is 54.1 Å². The smallest absolute Gasteiger partial charge is 0.218 e. The van der Waals surface area contributed by atoms with Gasteiger partial charge in [-0.2, -0.15) is 9.37 Å². The van der Waals surface area contributed by atoms with Crippen LogP contribution in [0.25, 0.3) is 44.6 Å². The van der Waals surface area contributed by atoms with Crippen LogP contribution in [0.2, 0.25) is 19.6 Å². The van der Waals surface area contributed by atoms with Gasteiger partial charge in [0.05, 0.1) is 13.7 Å². The van der Waals surface area contributed by atoms with Crippen molar-refractivity contribution in [1.82, 2.24) is 15.0 Å². The molecule has 0 saturated heterocycles. The summed E-state index contributed by atoms with van der Waals surface area (Å²) in [6.45, 7) is 18.4. The van der Waals surface area contributed by atoms with Crippen molar-refractivity contribution in [2.75, 3.05) is 0 Å². The van der Waals surface area contributed by atoms with Gasteiger partial charge in [0.1, 0.15) is 0 Å². The second-order valence-corrected chi connectivity index (χ2v) is 18.8. The van der Waals surface area contributed by atoms with Crippen LogP contribution in [-0.2, 0) is 26.5 Å². The number of rotatable bonds is 5. The first kappa shape index (κ1) is 34.4. The minimum atomic E-state index is -1.37. The van der Waals surface area contributed by atoms with Crippen molar-refractivity contribution in [3.05, 3.63) is 108 Å². The third kappa shape index (κ3) is 8.21. The van der Waals surface area contributed by atoms with Crippen LogP contribution >= 0.6 is 0 Å². The first-order valence-electron chi connectivity index (χ1n) is 15.1. The van der Waals surface area contributed by atoms with Crippen LogP contribution in [0.3, 0.4) is 0 Å². The van der Waals surface area contributed by atoms with E-state index in [4.69, 9.17) is 9.40 Å². The molecule has 4 nitrogen and oxygen atoms in total. The molecule has 0 aliphatic carbocycles. The molecule has 0 fully saturated rings. The molecule has 0 unspecified atom stereocenters. The molecule has 0 N–H and O–H groups in total. The van der Waals surface area contributed by atoms with Crippen molar-refractivity contribution in [3.8, 4) is 22.5 Å². The van der Waals surface area contributed by atoms with Crippen LogP contribution in [0.1, 0.15) is 51.7 Å². The van der Waals surface area contributed by atoms with Crippen LogP contribution in [0, 0.1) is 23.5 Å². The third-order valence-electron chi connectivity index (χ3n) is 7.47. The van der Waals surface area contributed by atoms with Gasteiger partial charge in [-0.1, -0.05) is 88.5 Å². The molecule has 4 aromatic heterocycles. The molecule has 1 radical (unpaired) electrons. The van der Waals surface area contributed by atoms with Crippen molar-refractivity contribution in [3.63, 3.8) is 0 Å². The molecule has 2 aromatic carbocycles. The van der Waals surface area contributed by atoms with E-state index in [9.17, 15) is 4.39 Å². The Labute approximate surface area is 280 Å². The van der Waals surface area contributed by atoms with Gasteiger partial charge in [0.15, 0.2) is 0 Å². The summed E-state index contributed by atoms with van der Waals surface area (Å²) in [5.41, 5.74) is 7.55. The second kappa shape index (κ2) is 13.9. The summed E-state index contributed by atoms with van der Waals surface area (Å²) in [7, 11) is -1.37. The fraction of sp³-hybridized carbons (Fsp3) is 0.289. The van der Waals surface area contributed by atoms with E-state index in [1.807, 2.05) is 42.5 Å². The molecule has 0 saturated carbocycles. The quantitative estimate of drug-likeness (QED) is 0.0992. The number of furan rings is 1. The van der Waals surface area contributed by atoms with E-state index in [1.54, 1.807) is 12.3 Å². The monoisotopic (exact) mass is 794 g/mol. The Kier molecular flexibility index (Phi) is 10.6. The Morgan fingerprint density at radius 2 is 1.67 bits per heavy atom. The number of nitrogens with zero attached hydrogens (tertiary/aromatic N) is 3. The number of fused-ring (bicyclic) bond motifs is 3. The fourth-order valence-electron chi connectivity index (χ4n) is 5.32. The van der Waals surface area contributed by atoms with E-state index < -0.39 is 14.0 Å². The summed E-state index contributed by atoms with van der Waals surface area (Å²) in [5, 5.41) is 3.16. The van der Waals surface area contributed by atoms with E-state index in [2.05, 4.69) is 94.7 Å². The molecule has 0 aliphatic rings. The van der Waals surface area contributed by atoms with Gasteiger partial charge in [0, 0.05) is 37.9 Å². The second-order valence-electron chi connectivity index (χ2n) is 13.8. The zero-order valence-electron chi connectivity index (χ0n) is 27.3. The van der Waals surface area contributed by atoms with Crippen LogP contribution in [-0.4, -0.2) is 23.0 Å². The van der Waals surface area contributed by atoms with Crippen LogP contribution in [0.5, 0.6) is 0 Å². The standard InChI is InChI=1S/C19H14FN2O.C19H26NSi.Ir/c1-11(2)12-8-9-21-16(10-12)15-5-3-4-13-14-6-7-17(20)22-19(14)23-18(13)15;1-19(2,3)13-16-12-17(15-10-8-7-9-11-15)20-14-18(16)21(4,5)6;/h3-4,6-11H,1-2H3;7-10,12,14H,13H2,1-6H3;/q2*-1;. The van der Waals surface area contributed by atoms with Gasteiger partial charge in [0.2, 0.25) is 11.7 Å². The normalized spacial score (nSPS) is 11.8. The van der Waals surface area contributed by atoms with E-state index in [1.165, 1.54) is 22.4 Å². The maximum Gasteiger partial charge on any atom is 0.218 e. The fourth-order valence-corrected chi connectivity index (χ4v) is 6.90. The van der Waals surface area contributed by atoms with Gasteiger partial charge in [-0.05, 0) is 52.5 Å². The van der Waals surface area contributed by atoms with Crippen LogP contribution in [0.15, 0.2) is 83.5 Å². The summed E-state index contributed by atoms with van der Waals surface area (Å²) in [4.78, 5) is 13.0. The number of pyridine rings is 3. The summed E-state index contributed by atoms with van der Waals surface area (Å²) in [6.07, 6.45) is 5.00. The SMILES string of the molecule is CC(C)(C)Cc1cc(-c2[c-]cccc2)ncc1[Si](C)(C)C.CC(C)c1ccnc(-c2[c-]ccc3c2oc2nc(F)ccc23)c1.[Ir]. The van der Waals surface area contributed by atoms with E-state index in [-0.39, 0.29) is 25.5 Å². The Balaban J connectivity index is 0.000000201. The van der Waals surface area contributed by atoms with Crippen LogP contribution < -0.4 is 5.19 Å². The molecule has 235 valence electrons. The van der Waals surface area contributed by atoms with Crippen molar-refractivity contribution in [1.29, 1.82) is 0 Å². The number of hydrogen-bond acceptors (Lipinski definition) is 4. The minimum Gasteiger partial charge on any atom is -0.486 e. The molecular formula is C38H40FIrN3OSi-2. The minimum absolute atomic E-state index is 0. The number of benzene rings is 2. The van der Waals surface area contributed by atoms with E-state index in [0.717, 1.165) is 39.7 Å². The average Bonchev–Trinajstić information content (AvgIpc) is 3.34. The maximum absolute atomic E-state index is 13.3. The molecule has 0 aliphatic heterocycles. The molecule has 0 spiro atoms. The molecule has 45 heavy (non-hydrogen) atoms. The molecule has 7 heteroatoms. The van der Waals surface area contributed by atoms with Gasteiger partial charge >= 0.3 is 0 Å². The topological polar surface area (TPSA) is 51.8 Å². The molecule has 0 atom stereocenters. The molecule has 6 aromatic rings. The third-order valence-corrected chi connectivity index (χ3v) is 9.54. The van der Waals surface area contributed by atoms with E-state index in [0.29, 0.717) is 17.2 Å². The summed E-state index contributed by atoms with van der Waals surface area (Å²) in [6, 6.07) is 27.6. The molecule has 0 amide bonds. The van der Waals surface area contributed by atoms with Gasteiger partial charge in [0.25, 0.3) is 0 Å². The van der Waals surface area contributed by atoms with Crippen molar-refractivity contribution >= 4 is 35.3 Å². The average molecular weight is 794 g/mol. The molecular weight excluding hydrogens is 754 g/mol. The van der Waals surface area contributed by atoms with Crippen molar-refractivity contribution < 1.29 is 28.9 Å². The first-order valence-corrected chi connectivity index (χ1v) is 18.6. The van der Waals surface area contributed by atoms with Gasteiger partial charge in [-0.25, -0.2) is 0 Å². The Morgan fingerprint density at radius 3 is 2.33 bits per heavy atom. The predicted molar refractivity (Wildman–Crippen MR) is 182 cm³/mol.